The minimum atomic E-state index is -0.305. The number of para-hydroxylation sites is 2. The molecule has 6 nitrogen and oxygen atoms in total. The molecule has 2 atom stereocenters. The zero-order valence-corrected chi connectivity index (χ0v) is 15.7. The van der Waals surface area contributed by atoms with E-state index in [9.17, 15) is 9.59 Å². The SMILES string of the molecule is O=C(NCC1COc2ccccc2O1)C1CC(=O)N(CCc2ccccc2)C1. The third-order valence-electron chi connectivity index (χ3n) is 5.17. The first-order valence-corrected chi connectivity index (χ1v) is 9.67. The van der Waals surface area contributed by atoms with Crippen molar-refractivity contribution in [2.75, 3.05) is 26.2 Å². The summed E-state index contributed by atoms with van der Waals surface area (Å²) in [7, 11) is 0. The molecule has 2 aromatic rings. The van der Waals surface area contributed by atoms with Crippen LogP contribution in [0.2, 0.25) is 0 Å². The van der Waals surface area contributed by atoms with Gasteiger partial charge in [0.25, 0.3) is 0 Å². The number of rotatable bonds is 6. The number of fused-ring (bicyclic) bond motifs is 1. The average Bonchev–Trinajstić information content (AvgIpc) is 3.12. The molecule has 0 bridgehead atoms. The Balaban J connectivity index is 1.24. The van der Waals surface area contributed by atoms with E-state index in [1.807, 2.05) is 42.5 Å². The van der Waals surface area contributed by atoms with Gasteiger partial charge in [0.15, 0.2) is 11.5 Å². The summed E-state index contributed by atoms with van der Waals surface area (Å²) in [6, 6.07) is 17.6. The van der Waals surface area contributed by atoms with Crippen molar-refractivity contribution < 1.29 is 19.1 Å². The van der Waals surface area contributed by atoms with E-state index >= 15 is 0 Å². The highest BCUT2D eigenvalue weighted by Gasteiger charge is 2.34. The molecule has 1 N–H and O–H groups in total. The number of carbonyl (C=O) groups is 2. The van der Waals surface area contributed by atoms with Crippen molar-refractivity contribution in [2.45, 2.75) is 18.9 Å². The van der Waals surface area contributed by atoms with Crippen molar-refractivity contribution in [3.05, 3.63) is 60.2 Å². The third kappa shape index (κ3) is 4.27. The van der Waals surface area contributed by atoms with Gasteiger partial charge in [-0.3, -0.25) is 9.59 Å². The van der Waals surface area contributed by atoms with Gasteiger partial charge >= 0.3 is 0 Å². The minimum Gasteiger partial charge on any atom is -0.486 e. The van der Waals surface area contributed by atoms with E-state index < -0.39 is 0 Å². The van der Waals surface area contributed by atoms with E-state index in [4.69, 9.17) is 9.47 Å². The highest BCUT2D eigenvalue weighted by molar-refractivity contribution is 5.89. The lowest BCUT2D eigenvalue weighted by Gasteiger charge is -2.26. The number of nitrogens with zero attached hydrogens (tertiary/aromatic N) is 1. The van der Waals surface area contributed by atoms with Crippen LogP contribution in [0.1, 0.15) is 12.0 Å². The van der Waals surface area contributed by atoms with Crippen molar-refractivity contribution >= 4 is 11.8 Å². The first-order valence-electron chi connectivity index (χ1n) is 9.67. The van der Waals surface area contributed by atoms with Crippen LogP contribution in [0, 0.1) is 5.92 Å². The van der Waals surface area contributed by atoms with Crippen LogP contribution in [0.3, 0.4) is 0 Å². The Labute approximate surface area is 164 Å². The van der Waals surface area contributed by atoms with Crippen molar-refractivity contribution in [1.82, 2.24) is 10.2 Å². The zero-order valence-electron chi connectivity index (χ0n) is 15.7. The van der Waals surface area contributed by atoms with Gasteiger partial charge in [0.1, 0.15) is 12.7 Å². The number of nitrogens with one attached hydrogen (secondary N) is 1. The topological polar surface area (TPSA) is 67.9 Å². The maximum atomic E-state index is 12.5. The van der Waals surface area contributed by atoms with Crippen LogP contribution >= 0.6 is 0 Å². The quantitative estimate of drug-likeness (QED) is 0.833. The summed E-state index contributed by atoms with van der Waals surface area (Å²) in [4.78, 5) is 26.6. The van der Waals surface area contributed by atoms with Gasteiger partial charge in [-0.15, -0.1) is 0 Å². The van der Waals surface area contributed by atoms with Crippen LogP contribution < -0.4 is 14.8 Å². The second kappa shape index (κ2) is 8.33. The molecule has 2 heterocycles. The number of ether oxygens (including phenoxy) is 2. The Bertz CT molecular complexity index is 839. The number of benzene rings is 2. The maximum Gasteiger partial charge on any atom is 0.225 e. The van der Waals surface area contributed by atoms with Gasteiger partial charge in [-0.1, -0.05) is 42.5 Å². The molecule has 0 spiro atoms. The minimum absolute atomic E-state index is 0.0438. The molecule has 6 heteroatoms. The molecule has 0 radical (unpaired) electrons. The highest BCUT2D eigenvalue weighted by Crippen LogP contribution is 2.30. The van der Waals surface area contributed by atoms with Crippen molar-refractivity contribution in [2.24, 2.45) is 5.92 Å². The summed E-state index contributed by atoms with van der Waals surface area (Å²) in [5, 5.41) is 2.92. The van der Waals surface area contributed by atoms with Crippen LogP contribution in [-0.2, 0) is 16.0 Å². The largest absolute Gasteiger partial charge is 0.486 e. The fraction of sp³-hybridized carbons (Fsp3) is 0.364. The molecular formula is C22H24N2O4. The monoisotopic (exact) mass is 380 g/mol. The third-order valence-corrected chi connectivity index (χ3v) is 5.17. The maximum absolute atomic E-state index is 12.5. The smallest absolute Gasteiger partial charge is 0.225 e. The Morgan fingerprint density at radius 3 is 2.64 bits per heavy atom. The van der Waals surface area contributed by atoms with Crippen LogP contribution in [0.5, 0.6) is 11.5 Å². The molecule has 0 aliphatic carbocycles. The second-order valence-corrected chi connectivity index (χ2v) is 7.22. The first-order chi connectivity index (χ1) is 13.7. The summed E-state index contributed by atoms with van der Waals surface area (Å²) < 4.78 is 11.5. The molecule has 0 saturated carbocycles. The van der Waals surface area contributed by atoms with Gasteiger partial charge < -0.3 is 19.7 Å². The van der Waals surface area contributed by atoms with E-state index in [0.29, 0.717) is 32.0 Å². The van der Waals surface area contributed by atoms with E-state index in [-0.39, 0.29) is 30.3 Å². The molecule has 2 aliphatic heterocycles. The van der Waals surface area contributed by atoms with E-state index in [1.165, 1.54) is 5.56 Å². The lowest BCUT2D eigenvalue weighted by molar-refractivity contribution is -0.129. The average molecular weight is 380 g/mol. The lowest BCUT2D eigenvalue weighted by Crippen LogP contribution is -2.43. The standard InChI is InChI=1S/C22H24N2O4/c25-21-12-17(14-24(21)11-10-16-6-2-1-3-7-16)22(26)23-13-18-15-27-19-8-4-5-9-20(19)28-18/h1-9,17-18H,10-15H2,(H,23,26). The van der Waals surface area contributed by atoms with Crippen molar-refractivity contribution in [3.63, 3.8) is 0 Å². The molecule has 28 heavy (non-hydrogen) atoms. The lowest BCUT2D eigenvalue weighted by atomic mass is 10.1. The number of hydrogen-bond donors (Lipinski definition) is 1. The summed E-state index contributed by atoms with van der Waals surface area (Å²) >= 11 is 0. The van der Waals surface area contributed by atoms with Crippen LogP contribution in [0.15, 0.2) is 54.6 Å². The Hall–Kier alpha value is -3.02. The molecule has 1 saturated heterocycles. The number of likely N-dealkylation sites (tertiary alicyclic amines) is 1. The van der Waals surface area contributed by atoms with Crippen molar-refractivity contribution in [3.8, 4) is 11.5 Å². The Morgan fingerprint density at radius 2 is 1.82 bits per heavy atom. The van der Waals surface area contributed by atoms with Gasteiger partial charge in [-0.05, 0) is 24.1 Å². The molecule has 2 unspecified atom stereocenters. The second-order valence-electron chi connectivity index (χ2n) is 7.22. The Kier molecular flexibility index (Phi) is 5.46. The normalized spacial score (nSPS) is 20.9. The van der Waals surface area contributed by atoms with Crippen molar-refractivity contribution in [1.29, 1.82) is 0 Å². The molecule has 2 amide bonds. The molecule has 2 aliphatic rings. The molecule has 1 fully saturated rings. The zero-order chi connectivity index (χ0) is 19.3. The molecule has 146 valence electrons. The fourth-order valence-electron chi connectivity index (χ4n) is 3.60. The summed E-state index contributed by atoms with van der Waals surface area (Å²) in [5.74, 6) is 1.05. The van der Waals surface area contributed by atoms with E-state index in [2.05, 4.69) is 17.4 Å². The number of carbonyl (C=O) groups excluding carboxylic acids is 2. The Morgan fingerprint density at radius 1 is 1.07 bits per heavy atom. The first kappa shape index (κ1) is 18.3. The van der Waals surface area contributed by atoms with Gasteiger partial charge in [-0.25, -0.2) is 0 Å². The molecule has 2 aromatic carbocycles. The van der Waals surface area contributed by atoms with E-state index in [0.717, 1.165) is 12.2 Å². The molecule has 4 rings (SSSR count). The van der Waals surface area contributed by atoms with Crippen LogP contribution in [0.25, 0.3) is 0 Å². The number of hydrogen-bond acceptors (Lipinski definition) is 4. The van der Waals surface area contributed by atoms with E-state index in [1.54, 1.807) is 4.90 Å². The predicted molar refractivity (Wildman–Crippen MR) is 104 cm³/mol. The molecule has 0 aromatic heterocycles. The van der Waals surface area contributed by atoms with Crippen LogP contribution in [-0.4, -0.2) is 49.1 Å². The van der Waals surface area contributed by atoms with Gasteiger partial charge in [-0.2, -0.15) is 0 Å². The summed E-state index contributed by atoms with van der Waals surface area (Å²) in [6.07, 6.45) is 0.837. The van der Waals surface area contributed by atoms with Crippen LogP contribution in [0.4, 0.5) is 0 Å². The highest BCUT2D eigenvalue weighted by atomic mass is 16.6. The van der Waals surface area contributed by atoms with Gasteiger partial charge in [0, 0.05) is 19.5 Å². The fourth-order valence-corrected chi connectivity index (χ4v) is 3.60. The molecular weight excluding hydrogens is 356 g/mol. The predicted octanol–water partition coefficient (Wildman–Crippen LogP) is 2.03. The van der Waals surface area contributed by atoms with Gasteiger partial charge in [0.05, 0.1) is 12.5 Å². The summed E-state index contributed by atoms with van der Waals surface area (Å²) in [5.41, 5.74) is 1.19. The summed E-state index contributed by atoms with van der Waals surface area (Å²) in [6.45, 7) is 1.87. The van der Waals surface area contributed by atoms with Gasteiger partial charge in [0.2, 0.25) is 11.8 Å². The number of amides is 2.